The van der Waals surface area contributed by atoms with Crippen molar-refractivity contribution in [3.63, 3.8) is 0 Å². The molecule has 0 radical (unpaired) electrons. The summed E-state index contributed by atoms with van der Waals surface area (Å²) in [6.07, 6.45) is 3.52. The number of hydrogen-bond acceptors (Lipinski definition) is 3. The van der Waals surface area contributed by atoms with Gasteiger partial charge >= 0.3 is 0 Å². The summed E-state index contributed by atoms with van der Waals surface area (Å²) in [5.41, 5.74) is 1.18. The Morgan fingerprint density at radius 1 is 1.29 bits per heavy atom. The highest BCUT2D eigenvalue weighted by Gasteiger charge is 2.09. The van der Waals surface area contributed by atoms with E-state index in [2.05, 4.69) is 5.32 Å². The Morgan fingerprint density at radius 3 is 2.76 bits per heavy atom. The highest BCUT2D eigenvalue weighted by atomic mass is 32.1. The number of rotatable bonds is 6. The summed E-state index contributed by atoms with van der Waals surface area (Å²) in [4.78, 5) is 25.4. The van der Waals surface area contributed by atoms with Gasteiger partial charge < -0.3 is 9.88 Å². The number of hydrogen-bond donors (Lipinski definition) is 1. The molecule has 0 saturated carbocycles. The molecule has 0 aliphatic carbocycles. The second kappa shape index (κ2) is 7.22. The quantitative estimate of drug-likeness (QED) is 0.834. The van der Waals surface area contributed by atoms with Crippen molar-refractivity contribution in [2.75, 3.05) is 6.54 Å². The summed E-state index contributed by atoms with van der Waals surface area (Å²) in [5.74, 6) is -0.00641. The molecule has 0 aromatic carbocycles. The number of carbonyl (C=O) groups excluding carboxylic acids is 1. The third-order valence-electron chi connectivity index (χ3n) is 3.40. The molecule has 5 heteroatoms. The Kier molecular flexibility index (Phi) is 5.33. The minimum atomic E-state index is -0.00641. The lowest BCUT2D eigenvalue weighted by atomic mass is 10.2. The van der Waals surface area contributed by atoms with Gasteiger partial charge in [-0.25, -0.2) is 0 Å². The first-order valence-electron chi connectivity index (χ1n) is 7.08. The summed E-state index contributed by atoms with van der Waals surface area (Å²) < 4.78 is 1.69. The second-order valence-corrected chi connectivity index (χ2v) is 6.30. The van der Waals surface area contributed by atoms with E-state index in [9.17, 15) is 9.59 Å². The molecule has 0 aliphatic rings. The van der Waals surface area contributed by atoms with Gasteiger partial charge in [0.05, 0.1) is 4.88 Å². The lowest BCUT2D eigenvalue weighted by molar-refractivity contribution is 0.0957. The summed E-state index contributed by atoms with van der Waals surface area (Å²) in [6, 6.07) is 7.08. The van der Waals surface area contributed by atoms with Gasteiger partial charge in [0.1, 0.15) is 0 Å². The van der Waals surface area contributed by atoms with Crippen LogP contribution in [0.5, 0.6) is 0 Å². The summed E-state index contributed by atoms with van der Waals surface area (Å²) >= 11 is 1.53. The van der Waals surface area contributed by atoms with E-state index in [1.807, 2.05) is 26.0 Å². The molecule has 112 valence electrons. The molecule has 1 N–H and O–H groups in total. The van der Waals surface area contributed by atoms with Gasteiger partial charge in [0.25, 0.3) is 5.91 Å². The van der Waals surface area contributed by atoms with Crippen LogP contribution < -0.4 is 10.9 Å². The standard InChI is InChI=1S/C16H20N2O2S/c1-12-11-14(21-13(12)2)16(20)17-8-4-6-10-18-9-5-3-7-15(18)19/h3,5,7,9,11H,4,6,8,10H2,1-2H3,(H,17,20). The molecule has 0 aliphatic heterocycles. The molecule has 1 amide bonds. The SMILES string of the molecule is Cc1cc(C(=O)NCCCCn2ccccc2=O)sc1C. The van der Waals surface area contributed by atoms with Crippen LogP contribution in [0.25, 0.3) is 0 Å². The summed E-state index contributed by atoms with van der Waals surface area (Å²) in [5, 5.41) is 2.92. The van der Waals surface area contributed by atoms with Crippen molar-refractivity contribution < 1.29 is 4.79 Å². The maximum Gasteiger partial charge on any atom is 0.261 e. The molecule has 4 nitrogen and oxygen atoms in total. The molecule has 2 aromatic heterocycles. The Balaban J connectivity index is 1.71. The molecule has 0 bridgehead atoms. The molecule has 2 aromatic rings. The predicted molar refractivity (Wildman–Crippen MR) is 86.1 cm³/mol. The maximum atomic E-state index is 11.9. The van der Waals surface area contributed by atoms with Gasteiger partial charge in [0.2, 0.25) is 5.56 Å². The fraction of sp³-hybridized carbons (Fsp3) is 0.375. The van der Waals surface area contributed by atoms with E-state index in [0.29, 0.717) is 13.1 Å². The van der Waals surface area contributed by atoms with Crippen LogP contribution in [0.15, 0.2) is 35.3 Å². The van der Waals surface area contributed by atoms with Gasteiger partial charge in [-0.3, -0.25) is 9.59 Å². The van der Waals surface area contributed by atoms with Gasteiger partial charge in [-0.05, 0) is 44.4 Å². The number of pyridine rings is 1. The van der Waals surface area contributed by atoms with E-state index < -0.39 is 0 Å². The van der Waals surface area contributed by atoms with Gasteiger partial charge in [-0.15, -0.1) is 11.3 Å². The van der Waals surface area contributed by atoms with Gasteiger partial charge in [-0.1, -0.05) is 6.07 Å². The Morgan fingerprint density at radius 2 is 2.10 bits per heavy atom. The third-order valence-corrected chi connectivity index (χ3v) is 4.55. The highest BCUT2D eigenvalue weighted by molar-refractivity contribution is 7.14. The second-order valence-electron chi connectivity index (χ2n) is 5.05. The average Bonchev–Trinajstić information content (AvgIpc) is 2.80. The molecule has 0 saturated heterocycles. The van der Waals surface area contributed by atoms with Gasteiger partial charge in [0, 0.05) is 30.2 Å². The minimum Gasteiger partial charge on any atom is -0.351 e. The zero-order chi connectivity index (χ0) is 15.2. The average molecular weight is 304 g/mol. The van der Waals surface area contributed by atoms with Crippen molar-refractivity contribution >= 4 is 17.2 Å². The Hall–Kier alpha value is -1.88. The van der Waals surface area contributed by atoms with E-state index in [0.717, 1.165) is 23.3 Å². The van der Waals surface area contributed by atoms with Crippen LogP contribution in [-0.4, -0.2) is 17.0 Å². The largest absolute Gasteiger partial charge is 0.351 e. The molecule has 0 fully saturated rings. The lowest BCUT2D eigenvalue weighted by Crippen LogP contribution is -2.24. The summed E-state index contributed by atoms with van der Waals surface area (Å²) in [6.45, 7) is 5.36. The van der Waals surface area contributed by atoms with Crippen LogP contribution in [0.1, 0.15) is 33.0 Å². The van der Waals surface area contributed by atoms with Crippen molar-refractivity contribution in [3.05, 3.63) is 56.1 Å². The van der Waals surface area contributed by atoms with Crippen LogP contribution in [0.3, 0.4) is 0 Å². The molecular weight excluding hydrogens is 284 g/mol. The number of aromatic nitrogens is 1. The lowest BCUT2D eigenvalue weighted by Gasteiger charge is -2.06. The van der Waals surface area contributed by atoms with Crippen LogP contribution in [-0.2, 0) is 6.54 Å². The number of carbonyl (C=O) groups is 1. The van der Waals surface area contributed by atoms with E-state index >= 15 is 0 Å². The van der Waals surface area contributed by atoms with E-state index in [1.165, 1.54) is 16.2 Å². The molecule has 0 unspecified atom stereocenters. The Labute approximate surface area is 128 Å². The number of nitrogens with zero attached hydrogens (tertiary/aromatic N) is 1. The van der Waals surface area contributed by atoms with Crippen LogP contribution in [0.4, 0.5) is 0 Å². The number of amides is 1. The number of nitrogens with one attached hydrogen (secondary N) is 1. The van der Waals surface area contributed by atoms with Crippen molar-refractivity contribution in [3.8, 4) is 0 Å². The smallest absolute Gasteiger partial charge is 0.261 e. The number of aryl methyl sites for hydroxylation is 3. The first-order chi connectivity index (χ1) is 10.1. The maximum absolute atomic E-state index is 11.9. The van der Waals surface area contributed by atoms with Crippen LogP contribution in [0.2, 0.25) is 0 Å². The fourth-order valence-electron chi connectivity index (χ4n) is 2.03. The number of unbranched alkanes of at least 4 members (excludes halogenated alkanes) is 1. The normalized spacial score (nSPS) is 10.6. The van der Waals surface area contributed by atoms with Crippen molar-refractivity contribution in [2.24, 2.45) is 0 Å². The first kappa shape index (κ1) is 15.5. The van der Waals surface area contributed by atoms with E-state index in [4.69, 9.17) is 0 Å². The first-order valence-corrected chi connectivity index (χ1v) is 7.90. The zero-order valence-electron chi connectivity index (χ0n) is 12.4. The fourth-order valence-corrected chi connectivity index (χ4v) is 2.98. The zero-order valence-corrected chi connectivity index (χ0v) is 13.2. The molecule has 21 heavy (non-hydrogen) atoms. The minimum absolute atomic E-state index is 0.00641. The topological polar surface area (TPSA) is 51.1 Å². The van der Waals surface area contributed by atoms with E-state index in [1.54, 1.807) is 22.9 Å². The predicted octanol–water partition coefficient (Wildman–Crippen LogP) is 2.74. The summed E-state index contributed by atoms with van der Waals surface area (Å²) in [7, 11) is 0. The molecule has 2 heterocycles. The van der Waals surface area contributed by atoms with Crippen molar-refractivity contribution in [1.29, 1.82) is 0 Å². The van der Waals surface area contributed by atoms with Crippen LogP contribution in [0, 0.1) is 13.8 Å². The van der Waals surface area contributed by atoms with Gasteiger partial charge in [0.15, 0.2) is 0 Å². The van der Waals surface area contributed by atoms with E-state index in [-0.39, 0.29) is 11.5 Å². The third kappa shape index (κ3) is 4.29. The molecular formula is C16H20N2O2S. The Bertz CT molecular complexity index is 653. The highest BCUT2D eigenvalue weighted by Crippen LogP contribution is 2.20. The molecule has 2 rings (SSSR count). The monoisotopic (exact) mass is 304 g/mol. The molecule has 0 atom stereocenters. The van der Waals surface area contributed by atoms with Crippen LogP contribution >= 0.6 is 11.3 Å². The molecule has 0 spiro atoms. The number of thiophene rings is 1. The van der Waals surface area contributed by atoms with Crippen molar-refractivity contribution in [2.45, 2.75) is 33.2 Å². The van der Waals surface area contributed by atoms with Crippen molar-refractivity contribution in [1.82, 2.24) is 9.88 Å². The van der Waals surface area contributed by atoms with Gasteiger partial charge in [-0.2, -0.15) is 0 Å².